The lowest BCUT2D eigenvalue weighted by atomic mass is 9.75. The van der Waals surface area contributed by atoms with Crippen molar-refractivity contribution in [2.75, 3.05) is 0 Å². The Morgan fingerprint density at radius 3 is 2.89 bits per heavy atom. The van der Waals surface area contributed by atoms with Crippen LogP contribution >= 0.6 is 0 Å². The molecule has 0 heteroatoms. The van der Waals surface area contributed by atoms with E-state index < -0.39 is 0 Å². The highest BCUT2D eigenvalue weighted by molar-refractivity contribution is 5.77. The molecule has 1 aromatic rings. The standard InChI is InChI=1S/C18H14/c1-2-10-18-12-17(18,9-1)11-8-15-14-5-3-4-13(14)6-7-16(15)18/h1-4,6-11H,5,12H2/t17-,18+/m0/s1. The fraction of sp³-hybridized carbons (Fsp3) is 0.222. The largest absolute Gasteiger partial charge is 0.0795 e. The van der Waals surface area contributed by atoms with E-state index in [-0.39, 0.29) is 5.41 Å². The number of hydrogen-bond acceptors (Lipinski definition) is 0. The van der Waals surface area contributed by atoms with E-state index in [1.165, 1.54) is 23.1 Å². The van der Waals surface area contributed by atoms with Crippen molar-refractivity contribution in [3.63, 3.8) is 0 Å². The third kappa shape index (κ3) is 0.809. The zero-order chi connectivity index (χ0) is 11.8. The Hall–Kier alpha value is -1.82. The summed E-state index contributed by atoms with van der Waals surface area (Å²) in [6.07, 6.45) is 20.9. The zero-order valence-electron chi connectivity index (χ0n) is 10.2. The van der Waals surface area contributed by atoms with Gasteiger partial charge in [-0.1, -0.05) is 60.7 Å². The lowest BCUT2D eigenvalue weighted by Crippen LogP contribution is -2.20. The first-order chi connectivity index (χ1) is 8.85. The van der Waals surface area contributed by atoms with Crippen LogP contribution in [0.1, 0.15) is 28.7 Å². The van der Waals surface area contributed by atoms with E-state index in [1.807, 2.05) is 0 Å². The smallest absolute Gasteiger partial charge is 0.0279 e. The van der Waals surface area contributed by atoms with E-state index in [2.05, 4.69) is 60.7 Å². The van der Waals surface area contributed by atoms with Crippen LogP contribution in [-0.4, -0.2) is 0 Å². The highest BCUT2D eigenvalue weighted by Gasteiger charge is 2.66. The summed E-state index contributed by atoms with van der Waals surface area (Å²) in [4.78, 5) is 0. The van der Waals surface area contributed by atoms with Gasteiger partial charge in [0.15, 0.2) is 0 Å². The topological polar surface area (TPSA) is 0 Å². The molecule has 0 radical (unpaired) electrons. The first-order valence-corrected chi connectivity index (χ1v) is 6.74. The lowest BCUT2D eigenvalue weighted by molar-refractivity contribution is 0.688. The van der Waals surface area contributed by atoms with Gasteiger partial charge in [0.25, 0.3) is 0 Å². The molecule has 1 saturated carbocycles. The van der Waals surface area contributed by atoms with Crippen molar-refractivity contribution in [2.24, 2.45) is 5.41 Å². The normalized spacial score (nSPS) is 36.0. The van der Waals surface area contributed by atoms with Gasteiger partial charge in [-0.05, 0) is 35.1 Å². The summed E-state index contributed by atoms with van der Waals surface area (Å²) >= 11 is 0. The minimum Gasteiger partial charge on any atom is -0.0795 e. The molecule has 0 nitrogen and oxygen atoms in total. The molecule has 0 N–H and O–H groups in total. The Kier molecular flexibility index (Phi) is 1.33. The Labute approximate surface area is 107 Å². The number of rotatable bonds is 0. The second-order valence-electron chi connectivity index (χ2n) is 5.94. The highest BCUT2D eigenvalue weighted by Crippen LogP contribution is 2.71. The Morgan fingerprint density at radius 2 is 1.89 bits per heavy atom. The van der Waals surface area contributed by atoms with Crippen molar-refractivity contribution >= 4 is 12.2 Å². The molecule has 5 rings (SSSR count). The summed E-state index contributed by atoms with van der Waals surface area (Å²) in [6, 6.07) is 4.67. The fourth-order valence-electron chi connectivity index (χ4n) is 4.17. The van der Waals surface area contributed by atoms with Crippen molar-refractivity contribution in [2.45, 2.75) is 18.3 Å². The molecular formula is C18H14. The van der Waals surface area contributed by atoms with Crippen LogP contribution < -0.4 is 0 Å². The molecule has 0 saturated heterocycles. The summed E-state index contributed by atoms with van der Waals surface area (Å²) in [5, 5.41) is 0. The van der Waals surface area contributed by atoms with Crippen molar-refractivity contribution in [1.82, 2.24) is 0 Å². The molecule has 0 aromatic heterocycles. The van der Waals surface area contributed by atoms with Crippen molar-refractivity contribution in [3.05, 3.63) is 70.8 Å². The van der Waals surface area contributed by atoms with Gasteiger partial charge in [-0.15, -0.1) is 0 Å². The molecule has 86 valence electrons. The molecule has 0 spiro atoms. The SMILES string of the molecule is C1=C[C@@]23C=Cc4c(ccc5c4CC=C5)[C@@]2(C=C1)C3. The molecule has 0 bridgehead atoms. The van der Waals surface area contributed by atoms with E-state index in [1.54, 1.807) is 5.56 Å². The van der Waals surface area contributed by atoms with Gasteiger partial charge in [0.2, 0.25) is 0 Å². The van der Waals surface area contributed by atoms with E-state index in [9.17, 15) is 0 Å². The third-order valence-corrected chi connectivity index (χ3v) is 5.20. The molecule has 4 aliphatic rings. The highest BCUT2D eigenvalue weighted by atomic mass is 14.7. The van der Waals surface area contributed by atoms with Crippen LogP contribution in [0, 0.1) is 5.41 Å². The third-order valence-electron chi connectivity index (χ3n) is 5.20. The summed E-state index contributed by atoms with van der Waals surface area (Å²) in [7, 11) is 0. The predicted octanol–water partition coefficient (Wildman–Crippen LogP) is 4.04. The summed E-state index contributed by atoms with van der Waals surface area (Å²) in [6.45, 7) is 0. The summed E-state index contributed by atoms with van der Waals surface area (Å²) in [5.41, 5.74) is 6.57. The van der Waals surface area contributed by atoms with Gasteiger partial charge in [0.1, 0.15) is 0 Å². The van der Waals surface area contributed by atoms with Crippen LogP contribution in [0.5, 0.6) is 0 Å². The maximum Gasteiger partial charge on any atom is 0.0279 e. The molecule has 4 aliphatic carbocycles. The first kappa shape index (κ1) is 9.16. The average Bonchev–Trinajstić information content (AvgIpc) is 2.89. The quantitative estimate of drug-likeness (QED) is 0.631. The molecule has 0 heterocycles. The molecule has 18 heavy (non-hydrogen) atoms. The average molecular weight is 230 g/mol. The van der Waals surface area contributed by atoms with Gasteiger partial charge < -0.3 is 0 Å². The Balaban J connectivity index is 1.83. The number of benzene rings is 1. The Morgan fingerprint density at radius 1 is 0.944 bits per heavy atom. The molecule has 2 atom stereocenters. The molecule has 0 unspecified atom stereocenters. The molecule has 0 aliphatic heterocycles. The summed E-state index contributed by atoms with van der Waals surface area (Å²) in [5.74, 6) is 0. The van der Waals surface area contributed by atoms with Gasteiger partial charge in [-0.3, -0.25) is 0 Å². The van der Waals surface area contributed by atoms with Crippen LogP contribution in [0.4, 0.5) is 0 Å². The fourth-order valence-corrected chi connectivity index (χ4v) is 4.17. The molecule has 1 aromatic carbocycles. The number of allylic oxidation sites excluding steroid dienone is 6. The van der Waals surface area contributed by atoms with Crippen LogP contribution in [0.15, 0.2) is 48.6 Å². The number of fused-ring (bicyclic) bond motifs is 3. The monoisotopic (exact) mass is 230 g/mol. The van der Waals surface area contributed by atoms with E-state index in [0.717, 1.165) is 6.42 Å². The van der Waals surface area contributed by atoms with Gasteiger partial charge >= 0.3 is 0 Å². The van der Waals surface area contributed by atoms with E-state index in [4.69, 9.17) is 0 Å². The predicted molar refractivity (Wildman–Crippen MR) is 75.2 cm³/mol. The van der Waals surface area contributed by atoms with Crippen molar-refractivity contribution in [3.8, 4) is 0 Å². The van der Waals surface area contributed by atoms with Gasteiger partial charge in [0, 0.05) is 10.8 Å². The van der Waals surface area contributed by atoms with Gasteiger partial charge in [-0.25, -0.2) is 0 Å². The number of hydrogen-bond donors (Lipinski definition) is 0. The summed E-state index contributed by atoms with van der Waals surface area (Å²) < 4.78 is 0. The van der Waals surface area contributed by atoms with Crippen LogP contribution in [0.25, 0.3) is 12.2 Å². The van der Waals surface area contributed by atoms with Crippen LogP contribution in [-0.2, 0) is 11.8 Å². The maximum absolute atomic E-state index is 2.44. The molecular weight excluding hydrogens is 216 g/mol. The van der Waals surface area contributed by atoms with Crippen molar-refractivity contribution < 1.29 is 0 Å². The maximum atomic E-state index is 2.44. The minimum absolute atomic E-state index is 0.281. The minimum atomic E-state index is 0.281. The van der Waals surface area contributed by atoms with E-state index >= 15 is 0 Å². The molecule has 1 fully saturated rings. The van der Waals surface area contributed by atoms with Crippen LogP contribution in [0.2, 0.25) is 0 Å². The second-order valence-corrected chi connectivity index (χ2v) is 5.94. The lowest BCUT2D eigenvalue weighted by Gasteiger charge is -2.28. The first-order valence-electron chi connectivity index (χ1n) is 6.74. The molecule has 0 amide bonds. The van der Waals surface area contributed by atoms with Crippen LogP contribution in [0.3, 0.4) is 0 Å². The Bertz CT molecular complexity index is 699. The zero-order valence-corrected chi connectivity index (χ0v) is 10.2. The van der Waals surface area contributed by atoms with Crippen molar-refractivity contribution in [1.29, 1.82) is 0 Å². The second kappa shape index (κ2) is 2.61. The van der Waals surface area contributed by atoms with Gasteiger partial charge in [0.05, 0.1) is 0 Å². The van der Waals surface area contributed by atoms with Gasteiger partial charge in [-0.2, -0.15) is 0 Å². The van der Waals surface area contributed by atoms with E-state index in [0.29, 0.717) is 5.41 Å².